The predicted molar refractivity (Wildman–Crippen MR) is 81.7 cm³/mol. The van der Waals surface area contributed by atoms with Gasteiger partial charge in [0.2, 0.25) is 10.0 Å². The summed E-state index contributed by atoms with van der Waals surface area (Å²) < 4.78 is 43.1. The smallest absolute Gasteiger partial charge is 0.244 e. The van der Waals surface area contributed by atoms with Crippen LogP contribution in [-0.4, -0.2) is 28.7 Å². The van der Waals surface area contributed by atoms with Crippen molar-refractivity contribution in [3.63, 3.8) is 0 Å². The van der Waals surface area contributed by atoms with Crippen molar-refractivity contribution in [3.05, 3.63) is 42.4 Å². The zero-order chi connectivity index (χ0) is 16.2. The van der Waals surface area contributed by atoms with E-state index in [9.17, 15) is 8.42 Å². The number of rotatable bonds is 7. The molecule has 6 nitrogen and oxygen atoms in total. The lowest BCUT2D eigenvalue weighted by molar-refractivity contribution is 0.391. The van der Waals surface area contributed by atoms with Crippen LogP contribution in [0.25, 0.3) is 0 Å². The standard InChI is InChI=1S/C15H19NO5S/c1-11(9-13-5-4-8-21-13)16-22(17,18)15-10-12(19-2)6-7-14(15)20-3/h4-8,10-11,16H,9H2,1-3H3. The van der Waals surface area contributed by atoms with Crippen LogP contribution in [0.1, 0.15) is 12.7 Å². The van der Waals surface area contributed by atoms with Crippen LogP contribution in [0.15, 0.2) is 45.9 Å². The van der Waals surface area contributed by atoms with E-state index in [0.717, 1.165) is 0 Å². The van der Waals surface area contributed by atoms with Gasteiger partial charge in [-0.15, -0.1) is 0 Å². The van der Waals surface area contributed by atoms with Crippen LogP contribution in [0.3, 0.4) is 0 Å². The third-order valence-corrected chi connectivity index (χ3v) is 4.71. The fourth-order valence-electron chi connectivity index (χ4n) is 2.09. The van der Waals surface area contributed by atoms with Gasteiger partial charge in [0.1, 0.15) is 22.2 Å². The molecule has 0 saturated heterocycles. The van der Waals surface area contributed by atoms with Crippen molar-refractivity contribution in [2.24, 2.45) is 0 Å². The van der Waals surface area contributed by atoms with Gasteiger partial charge in [0, 0.05) is 18.5 Å². The maximum Gasteiger partial charge on any atom is 0.244 e. The highest BCUT2D eigenvalue weighted by Crippen LogP contribution is 2.28. The average molecular weight is 325 g/mol. The van der Waals surface area contributed by atoms with Gasteiger partial charge in [0.15, 0.2) is 0 Å². The van der Waals surface area contributed by atoms with Crippen LogP contribution in [0.4, 0.5) is 0 Å². The first-order valence-corrected chi connectivity index (χ1v) is 8.21. The van der Waals surface area contributed by atoms with Gasteiger partial charge < -0.3 is 13.9 Å². The molecule has 0 fully saturated rings. The first kappa shape index (κ1) is 16.4. The van der Waals surface area contributed by atoms with E-state index in [-0.39, 0.29) is 16.7 Å². The fraction of sp³-hybridized carbons (Fsp3) is 0.333. The summed E-state index contributed by atoms with van der Waals surface area (Å²) in [5.41, 5.74) is 0. The Kier molecular flexibility index (Phi) is 5.10. The van der Waals surface area contributed by atoms with Gasteiger partial charge in [-0.2, -0.15) is 0 Å². The molecule has 2 aromatic rings. The molecule has 1 aromatic carbocycles. The first-order chi connectivity index (χ1) is 10.5. The normalized spacial score (nSPS) is 12.9. The highest BCUT2D eigenvalue weighted by molar-refractivity contribution is 7.89. The molecule has 0 saturated carbocycles. The third kappa shape index (κ3) is 3.80. The Hall–Kier alpha value is -1.99. The van der Waals surface area contributed by atoms with Crippen molar-refractivity contribution >= 4 is 10.0 Å². The molecule has 1 unspecified atom stereocenters. The molecule has 0 bridgehead atoms. The average Bonchev–Trinajstić information content (AvgIpc) is 2.98. The molecule has 1 heterocycles. The molecular weight excluding hydrogens is 306 g/mol. The van der Waals surface area contributed by atoms with Gasteiger partial charge in [-0.1, -0.05) is 0 Å². The SMILES string of the molecule is COc1ccc(OC)c(S(=O)(=O)NC(C)Cc2ccco2)c1. The summed E-state index contributed by atoms with van der Waals surface area (Å²) in [6.45, 7) is 1.77. The first-order valence-electron chi connectivity index (χ1n) is 6.73. The lowest BCUT2D eigenvalue weighted by Crippen LogP contribution is -2.34. The zero-order valence-electron chi connectivity index (χ0n) is 12.7. The minimum absolute atomic E-state index is 0.0423. The van der Waals surface area contributed by atoms with E-state index >= 15 is 0 Å². The van der Waals surface area contributed by atoms with Crippen LogP contribution in [0.2, 0.25) is 0 Å². The Balaban J connectivity index is 2.22. The number of benzene rings is 1. The Labute approximate surface area is 130 Å². The fourth-order valence-corrected chi connectivity index (χ4v) is 3.52. The van der Waals surface area contributed by atoms with E-state index in [4.69, 9.17) is 13.9 Å². The second-order valence-corrected chi connectivity index (χ2v) is 6.51. The highest BCUT2D eigenvalue weighted by Gasteiger charge is 2.23. The van der Waals surface area contributed by atoms with E-state index in [2.05, 4.69) is 4.72 Å². The molecule has 0 radical (unpaired) electrons. The number of furan rings is 1. The number of ether oxygens (including phenoxy) is 2. The summed E-state index contributed by atoms with van der Waals surface area (Å²) in [5.74, 6) is 1.42. The summed E-state index contributed by atoms with van der Waals surface area (Å²) in [4.78, 5) is 0.0423. The van der Waals surface area contributed by atoms with Gasteiger partial charge in [-0.3, -0.25) is 0 Å². The van der Waals surface area contributed by atoms with E-state index < -0.39 is 10.0 Å². The van der Waals surface area contributed by atoms with E-state index in [1.165, 1.54) is 20.3 Å². The van der Waals surface area contributed by atoms with Crippen molar-refractivity contribution < 1.29 is 22.3 Å². The van der Waals surface area contributed by atoms with Gasteiger partial charge in [-0.25, -0.2) is 13.1 Å². The monoisotopic (exact) mass is 325 g/mol. The molecule has 0 aliphatic heterocycles. The molecule has 0 amide bonds. The quantitative estimate of drug-likeness (QED) is 0.844. The molecule has 22 heavy (non-hydrogen) atoms. The van der Waals surface area contributed by atoms with Gasteiger partial charge in [0.25, 0.3) is 0 Å². The predicted octanol–water partition coefficient (Wildman–Crippen LogP) is 2.21. The molecule has 1 aromatic heterocycles. The Morgan fingerprint density at radius 2 is 2.00 bits per heavy atom. The summed E-state index contributed by atoms with van der Waals surface area (Å²) in [5, 5.41) is 0. The van der Waals surface area contributed by atoms with Gasteiger partial charge >= 0.3 is 0 Å². The zero-order valence-corrected chi connectivity index (χ0v) is 13.5. The molecule has 1 N–H and O–H groups in total. The van der Waals surface area contributed by atoms with Crippen molar-refractivity contribution in [1.82, 2.24) is 4.72 Å². The van der Waals surface area contributed by atoms with Crippen molar-refractivity contribution in [2.75, 3.05) is 14.2 Å². The second kappa shape index (κ2) is 6.85. The molecule has 7 heteroatoms. The van der Waals surface area contributed by atoms with Gasteiger partial charge in [0.05, 0.1) is 20.5 Å². The largest absolute Gasteiger partial charge is 0.497 e. The summed E-state index contributed by atoms with van der Waals surface area (Å²) in [6.07, 6.45) is 2.01. The van der Waals surface area contributed by atoms with E-state index in [1.54, 1.807) is 37.5 Å². The number of hydrogen-bond donors (Lipinski definition) is 1. The van der Waals surface area contributed by atoms with E-state index in [0.29, 0.717) is 17.9 Å². The van der Waals surface area contributed by atoms with Crippen molar-refractivity contribution in [3.8, 4) is 11.5 Å². The molecule has 1 atom stereocenters. The number of nitrogens with one attached hydrogen (secondary N) is 1. The van der Waals surface area contributed by atoms with Crippen LogP contribution in [-0.2, 0) is 16.4 Å². The van der Waals surface area contributed by atoms with E-state index in [1.807, 2.05) is 0 Å². The lowest BCUT2D eigenvalue weighted by Gasteiger charge is -2.15. The van der Waals surface area contributed by atoms with Crippen LogP contribution >= 0.6 is 0 Å². The van der Waals surface area contributed by atoms with Crippen LogP contribution < -0.4 is 14.2 Å². The minimum Gasteiger partial charge on any atom is -0.497 e. The van der Waals surface area contributed by atoms with Crippen molar-refractivity contribution in [2.45, 2.75) is 24.3 Å². The molecule has 120 valence electrons. The number of methoxy groups -OCH3 is 2. The molecule has 2 rings (SSSR count). The highest BCUT2D eigenvalue weighted by atomic mass is 32.2. The maximum atomic E-state index is 12.5. The Morgan fingerprint density at radius 3 is 2.59 bits per heavy atom. The Bertz CT molecular complexity index is 710. The number of hydrogen-bond acceptors (Lipinski definition) is 5. The molecule has 0 aliphatic carbocycles. The molecule has 0 aliphatic rings. The lowest BCUT2D eigenvalue weighted by atomic mass is 10.2. The van der Waals surface area contributed by atoms with Gasteiger partial charge in [-0.05, 0) is 31.2 Å². The summed E-state index contributed by atoms with van der Waals surface area (Å²) in [7, 11) is -0.834. The number of sulfonamides is 1. The third-order valence-electron chi connectivity index (χ3n) is 3.10. The summed E-state index contributed by atoms with van der Waals surface area (Å²) in [6, 6.07) is 7.88. The second-order valence-electron chi connectivity index (χ2n) is 4.82. The Morgan fingerprint density at radius 1 is 1.23 bits per heavy atom. The van der Waals surface area contributed by atoms with Crippen LogP contribution in [0, 0.1) is 0 Å². The minimum atomic E-state index is -3.73. The van der Waals surface area contributed by atoms with Crippen molar-refractivity contribution in [1.29, 1.82) is 0 Å². The maximum absolute atomic E-state index is 12.5. The molecule has 0 spiro atoms. The topological polar surface area (TPSA) is 77.8 Å². The van der Waals surface area contributed by atoms with Crippen LogP contribution in [0.5, 0.6) is 11.5 Å². The molecular formula is C15H19NO5S. The summed E-state index contributed by atoms with van der Waals surface area (Å²) >= 11 is 0.